The third-order valence-electron chi connectivity index (χ3n) is 4.40. The van der Waals surface area contributed by atoms with Gasteiger partial charge >= 0.3 is 0 Å². The molecule has 1 saturated heterocycles. The van der Waals surface area contributed by atoms with Crippen molar-refractivity contribution in [3.8, 4) is 0 Å². The summed E-state index contributed by atoms with van der Waals surface area (Å²) in [5, 5.41) is 0. The molecule has 2 fully saturated rings. The molecule has 0 radical (unpaired) electrons. The van der Waals surface area contributed by atoms with E-state index in [0.29, 0.717) is 17.2 Å². The summed E-state index contributed by atoms with van der Waals surface area (Å²) in [5.41, 5.74) is 0.527. The number of hydrogen-bond acceptors (Lipinski definition) is 2. The molecule has 0 unspecified atom stereocenters. The zero-order valence-electron chi connectivity index (χ0n) is 10.8. The summed E-state index contributed by atoms with van der Waals surface area (Å²) in [5.74, 6) is 0.478. The Hall–Kier alpha value is -0.370. The highest BCUT2D eigenvalue weighted by molar-refractivity contribution is 5.79. The van der Waals surface area contributed by atoms with Crippen molar-refractivity contribution in [1.29, 1.82) is 0 Å². The molecule has 0 atom stereocenters. The van der Waals surface area contributed by atoms with Gasteiger partial charge in [-0.15, -0.1) is 0 Å². The summed E-state index contributed by atoms with van der Waals surface area (Å²) < 4.78 is 0. The molecule has 1 aliphatic heterocycles. The molecule has 0 aromatic carbocycles. The Morgan fingerprint density at radius 1 is 1.12 bits per heavy atom. The molecule has 0 aromatic rings. The van der Waals surface area contributed by atoms with E-state index in [-0.39, 0.29) is 0 Å². The molecule has 0 N–H and O–H groups in total. The van der Waals surface area contributed by atoms with Gasteiger partial charge in [0.1, 0.15) is 5.78 Å². The molecule has 2 rings (SSSR count). The van der Waals surface area contributed by atoms with E-state index in [4.69, 9.17) is 0 Å². The van der Waals surface area contributed by atoms with Crippen molar-refractivity contribution in [3.05, 3.63) is 0 Å². The van der Waals surface area contributed by atoms with E-state index in [0.717, 1.165) is 25.7 Å². The van der Waals surface area contributed by atoms with Gasteiger partial charge in [0.2, 0.25) is 0 Å². The van der Waals surface area contributed by atoms with Gasteiger partial charge in [-0.25, -0.2) is 0 Å². The topological polar surface area (TPSA) is 20.3 Å². The number of carbonyl (C=O) groups excluding carboxylic acids is 1. The lowest BCUT2D eigenvalue weighted by Crippen LogP contribution is -2.39. The van der Waals surface area contributed by atoms with Crippen molar-refractivity contribution in [2.24, 2.45) is 5.41 Å². The highest BCUT2D eigenvalue weighted by Gasteiger charge is 2.28. The van der Waals surface area contributed by atoms with Crippen molar-refractivity contribution < 1.29 is 4.79 Å². The maximum Gasteiger partial charge on any atom is 0.133 e. The molecule has 2 heteroatoms. The van der Waals surface area contributed by atoms with Crippen molar-refractivity contribution >= 4 is 5.78 Å². The van der Waals surface area contributed by atoms with Gasteiger partial charge in [0.25, 0.3) is 0 Å². The van der Waals surface area contributed by atoms with Gasteiger partial charge in [-0.3, -0.25) is 4.79 Å². The molecule has 1 aliphatic carbocycles. The average molecular weight is 223 g/mol. The van der Waals surface area contributed by atoms with Crippen molar-refractivity contribution in [1.82, 2.24) is 4.90 Å². The Morgan fingerprint density at radius 2 is 1.81 bits per heavy atom. The Balaban J connectivity index is 1.88. The summed E-state index contributed by atoms with van der Waals surface area (Å²) in [7, 11) is 0. The normalized spacial score (nSPS) is 29.0. The van der Waals surface area contributed by atoms with Crippen LogP contribution in [0.4, 0.5) is 0 Å². The van der Waals surface area contributed by atoms with Gasteiger partial charge in [0.05, 0.1) is 0 Å². The second-order valence-corrected chi connectivity index (χ2v) is 6.32. The van der Waals surface area contributed by atoms with E-state index in [2.05, 4.69) is 18.7 Å². The molecular formula is C14H25NO. The minimum absolute atomic E-state index is 0.478. The van der Waals surface area contributed by atoms with E-state index in [1.165, 1.54) is 32.4 Å². The van der Waals surface area contributed by atoms with Crippen LogP contribution in [-0.2, 0) is 4.79 Å². The lowest BCUT2D eigenvalue weighted by Gasteiger charge is -2.33. The molecule has 2 aliphatic rings. The van der Waals surface area contributed by atoms with Crippen LogP contribution in [0, 0.1) is 5.41 Å². The van der Waals surface area contributed by atoms with Gasteiger partial charge in [0.15, 0.2) is 0 Å². The highest BCUT2D eigenvalue weighted by Crippen LogP contribution is 2.32. The van der Waals surface area contributed by atoms with Crippen LogP contribution in [0.25, 0.3) is 0 Å². The fourth-order valence-electron chi connectivity index (χ4n) is 3.10. The summed E-state index contributed by atoms with van der Waals surface area (Å²) in [4.78, 5) is 13.9. The Kier molecular flexibility index (Phi) is 3.68. The minimum atomic E-state index is 0.478. The highest BCUT2D eigenvalue weighted by atomic mass is 16.1. The van der Waals surface area contributed by atoms with Crippen molar-refractivity contribution in [2.45, 2.75) is 64.8 Å². The van der Waals surface area contributed by atoms with E-state index in [1.54, 1.807) is 0 Å². The van der Waals surface area contributed by atoms with E-state index in [9.17, 15) is 4.79 Å². The van der Waals surface area contributed by atoms with Crippen LogP contribution in [0.1, 0.15) is 58.8 Å². The number of carbonyl (C=O) groups is 1. The quantitative estimate of drug-likeness (QED) is 0.681. The first kappa shape index (κ1) is 12.1. The van der Waals surface area contributed by atoms with Crippen LogP contribution in [-0.4, -0.2) is 29.8 Å². The first-order chi connectivity index (χ1) is 7.57. The second-order valence-electron chi connectivity index (χ2n) is 6.32. The largest absolute Gasteiger partial charge is 0.300 e. The summed E-state index contributed by atoms with van der Waals surface area (Å²) in [6, 6.07) is 0.701. The van der Waals surface area contributed by atoms with Gasteiger partial charge in [-0.2, -0.15) is 0 Å². The Labute approximate surface area is 99.4 Å². The zero-order valence-corrected chi connectivity index (χ0v) is 10.8. The predicted octanol–water partition coefficient (Wildman–Crippen LogP) is 3.01. The molecule has 0 aromatic heterocycles. The molecular weight excluding hydrogens is 198 g/mol. The number of nitrogens with zero attached hydrogens (tertiary/aromatic N) is 1. The summed E-state index contributed by atoms with van der Waals surface area (Å²) in [6.45, 7) is 7.27. The Morgan fingerprint density at radius 3 is 2.50 bits per heavy atom. The maximum atomic E-state index is 11.2. The van der Waals surface area contributed by atoms with Gasteiger partial charge in [0, 0.05) is 18.9 Å². The number of hydrogen-bond donors (Lipinski definition) is 0. The van der Waals surface area contributed by atoms with Gasteiger partial charge in [-0.1, -0.05) is 13.8 Å². The zero-order chi connectivity index (χ0) is 11.6. The first-order valence-electron chi connectivity index (χ1n) is 6.83. The third-order valence-corrected chi connectivity index (χ3v) is 4.40. The van der Waals surface area contributed by atoms with Crippen LogP contribution >= 0.6 is 0 Å². The average Bonchev–Trinajstić information content (AvgIpc) is 2.41. The second kappa shape index (κ2) is 4.87. The SMILES string of the molecule is CC1(C)CCCN(C2CCC(=O)CC2)CC1. The molecule has 0 amide bonds. The number of likely N-dealkylation sites (tertiary alicyclic amines) is 1. The van der Waals surface area contributed by atoms with Crippen LogP contribution in [0.3, 0.4) is 0 Å². The Bertz CT molecular complexity index is 249. The summed E-state index contributed by atoms with van der Waals surface area (Å²) in [6.07, 6.45) is 7.87. The van der Waals surface area contributed by atoms with Crippen LogP contribution in [0.15, 0.2) is 0 Å². The van der Waals surface area contributed by atoms with Gasteiger partial charge < -0.3 is 4.90 Å². The smallest absolute Gasteiger partial charge is 0.133 e. The number of ketones is 1. The molecule has 0 spiro atoms. The van der Waals surface area contributed by atoms with Gasteiger partial charge in [-0.05, 0) is 50.6 Å². The van der Waals surface area contributed by atoms with Crippen LogP contribution in [0.2, 0.25) is 0 Å². The lowest BCUT2D eigenvalue weighted by molar-refractivity contribution is -0.121. The molecule has 1 saturated carbocycles. The lowest BCUT2D eigenvalue weighted by atomic mass is 9.85. The van der Waals surface area contributed by atoms with E-state index in [1.807, 2.05) is 0 Å². The molecule has 92 valence electrons. The predicted molar refractivity (Wildman–Crippen MR) is 66.5 cm³/mol. The van der Waals surface area contributed by atoms with Crippen LogP contribution < -0.4 is 0 Å². The molecule has 16 heavy (non-hydrogen) atoms. The van der Waals surface area contributed by atoms with Crippen molar-refractivity contribution in [3.63, 3.8) is 0 Å². The molecule has 2 nitrogen and oxygen atoms in total. The fourth-order valence-corrected chi connectivity index (χ4v) is 3.10. The maximum absolute atomic E-state index is 11.2. The standard InChI is InChI=1S/C14H25NO/c1-14(2)8-3-10-15(11-9-14)12-4-6-13(16)7-5-12/h12H,3-11H2,1-2H3. The molecule has 1 heterocycles. The van der Waals surface area contributed by atoms with Crippen LogP contribution in [0.5, 0.6) is 0 Å². The summed E-state index contributed by atoms with van der Waals surface area (Å²) >= 11 is 0. The monoisotopic (exact) mass is 223 g/mol. The first-order valence-corrected chi connectivity index (χ1v) is 6.83. The fraction of sp³-hybridized carbons (Fsp3) is 0.929. The number of rotatable bonds is 1. The molecule has 0 bridgehead atoms. The van der Waals surface area contributed by atoms with E-state index < -0.39 is 0 Å². The number of Topliss-reactive ketones (excluding diaryl/α,β-unsaturated/α-hetero) is 1. The van der Waals surface area contributed by atoms with E-state index >= 15 is 0 Å². The third kappa shape index (κ3) is 3.07. The van der Waals surface area contributed by atoms with Crippen molar-refractivity contribution in [2.75, 3.05) is 13.1 Å². The minimum Gasteiger partial charge on any atom is -0.300 e.